The number of thiophene rings is 1. The van der Waals surface area contributed by atoms with Gasteiger partial charge in [0.1, 0.15) is 48.0 Å². The molecule has 2 aromatic rings. The van der Waals surface area contributed by atoms with Crippen LogP contribution in [0.1, 0.15) is 72.6 Å². The Hall–Kier alpha value is -4.36. The molecule has 2 unspecified atom stereocenters. The van der Waals surface area contributed by atoms with Crippen LogP contribution in [0.25, 0.3) is 16.8 Å². The van der Waals surface area contributed by atoms with Crippen molar-refractivity contribution >= 4 is 47.2 Å². The Labute approximate surface area is 347 Å². The van der Waals surface area contributed by atoms with Crippen molar-refractivity contribution in [2.24, 2.45) is 23.7 Å². The molecule has 0 spiro atoms. The number of Topliss-reactive ketones (excluding diaryl/α,β-unsaturated/α-hetero) is 2. The highest BCUT2D eigenvalue weighted by Gasteiger charge is 2.53. The smallest absolute Gasteiger partial charge is 0.458 e. The summed E-state index contributed by atoms with van der Waals surface area (Å²) in [7, 11) is 3.58. The van der Waals surface area contributed by atoms with E-state index >= 15 is 4.39 Å². The topological polar surface area (TPSA) is 202 Å². The molecular weight excluding hydrogens is 792 g/mol. The summed E-state index contributed by atoms with van der Waals surface area (Å²) >= 11 is 1.22. The summed E-state index contributed by atoms with van der Waals surface area (Å²) in [6.07, 6.45) is -3.89. The normalized spacial score (nSPS) is 34.9. The van der Waals surface area contributed by atoms with Gasteiger partial charge in [0.25, 0.3) is 0 Å². The zero-order chi connectivity index (χ0) is 43.3. The Morgan fingerprint density at radius 2 is 1.76 bits per heavy atom. The van der Waals surface area contributed by atoms with E-state index in [-0.39, 0.29) is 18.6 Å². The number of rotatable bonds is 9. The molecule has 0 bridgehead atoms. The molecule has 16 nitrogen and oxygen atoms in total. The van der Waals surface area contributed by atoms with Crippen molar-refractivity contribution < 1.29 is 61.9 Å². The Balaban J connectivity index is 1.49. The number of hydrogen-bond acceptors (Lipinski definition) is 16. The van der Waals surface area contributed by atoms with Crippen molar-refractivity contribution in [2.75, 3.05) is 20.7 Å². The summed E-state index contributed by atoms with van der Waals surface area (Å²) in [6, 6.07) is 3.74. The number of likely N-dealkylation sites (N-methyl/N-ethyl adjacent to an activating group) is 1. The van der Waals surface area contributed by atoms with Gasteiger partial charge >= 0.3 is 18.2 Å². The predicted octanol–water partition coefficient (Wildman–Crippen LogP) is 5.12. The molecule has 0 aromatic carbocycles. The molecule has 1 amide bonds. The highest BCUT2D eigenvalue weighted by atomic mass is 32.1. The fourth-order valence-electron chi connectivity index (χ4n) is 8.12. The number of amides is 1. The lowest BCUT2D eigenvalue weighted by Gasteiger charge is -2.46. The van der Waals surface area contributed by atoms with Gasteiger partial charge in [-0.3, -0.25) is 14.4 Å². The average Bonchev–Trinajstić information content (AvgIpc) is 3.83. The first kappa shape index (κ1) is 45.7. The largest absolute Gasteiger partial charge is 0.509 e. The second kappa shape index (κ2) is 19.4. The van der Waals surface area contributed by atoms with E-state index in [9.17, 15) is 29.1 Å². The van der Waals surface area contributed by atoms with Gasteiger partial charge < -0.3 is 43.7 Å². The minimum Gasteiger partial charge on any atom is -0.458 e. The third-order valence-corrected chi connectivity index (χ3v) is 12.3. The van der Waals surface area contributed by atoms with Crippen molar-refractivity contribution in [3.8, 4) is 10.7 Å². The van der Waals surface area contributed by atoms with E-state index in [4.69, 9.17) is 28.4 Å². The second-order valence-corrected chi connectivity index (χ2v) is 17.2. The van der Waals surface area contributed by atoms with Crippen LogP contribution < -0.4 is 5.32 Å². The minimum atomic E-state index is -1.93. The Morgan fingerprint density at radius 3 is 2.42 bits per heavy atom. The van der Waals surface area contributed by atoms with Crippen LogP contribution in [0.5, 0.6) is 0 Å². The maximum Gasteiger partial charge on any atom is 0.509 e. The lowest BCUT2D eigenvalue weighted by Crippen LogP contribution is -2.60. The number of hydrogen-bond donors (Lipinski definition) is 2. The molecule has 0 radical (unpaired) electrons. The third-order valence-electron chi connectivity index (χ3n) is 11.3. The van der Waals surface area contributed by atoms with Gasteiger partial charge in [-0.05, 0) is 78.4 Å². The standard InChI is InChI=1S/C41H55FN4O12S/c1-10-28-34-30(45-39(51)56-34)22(4)31(47)20(2)18-41(7,58-40(52)53-19-25(42)17-26-12-13-29(59-26)36-43-14-11-15-44-36)35(23(5)32(48)24(6)37(50)55-28)57-38-33(49)27(46(8)9)16-21(3)54-38/h11-15,17,20-24,27-28,30,33-35,38,49H,10,16,18-19H2,1-9H3,(H,45,51)/b25-17-/t20-,21-,22-,23+,24-,27+,28-,30+,33-,34-,35?,38?,41-/m1/s1. The number of cyclic esters (lactones) is 1. The third kappa shape index (κ3) is 10.7. The zero-order valence-electron chi connectivity index (χ0n) is 34.8. The van der Waals surface area contributed by atoms with Crippen molar-refractivity contribution in [1.29, 1.82) is 0 Å². The second-order valence-electron chi connectivity index (χ2n) is 16.1. The SMILES string of the molecule is CC[C@H]1OC(=O)[C@H](C)C(=O)[C@H](C)C(OC2O[C@H](C)C[C@H](N(C)C)[C@H]2O)[C@](C)(OC(=O)OC/C(F)=C/c2ccc(-c3ncccn3)s2)C[C@@H](C)C(=O)[C@H](C)[C@@H]2NC(=O)O[C@@H]21. The molecule has 3 aliphatic rings. The number of esters is 1. The van der Waals surface area contributed by atoms with Gasteiger partial charge in [-0.1, -0.05) is 27.7 Å². The van der Waals surface area contributed by atoms with Gasteiger partial charge in [0.05, 0.1) is 17.0 Å². The molecule has 0 aliphatic carbocycles. The van der Waals surface area contributed by atoms with Crippen LogP contribution >= 0.6 is 11.3 Å². The predicted molar refractivity (Wildman–Crippen MR) is 211 cm³/mol. The Bertz CT molecular complexity index is 1860. The minimum absolute atomic E-state index is 0.212. The van der Waals surface area contributed by atoms with Crippen LogP contribution in [0.3, 0.4) is 0 Å². The summed E-state index contributed by atoms with van der Waals surface area (Å²) in [5, 5.41) is 14.2. The number of aliphatic hydroxyl groups excluding tert-OH is 1. The number of carbonyl (C=O) groups is 5. The lowest BCUT2D eigenvalue weighted by molar-refractivity contribution is -0.293. The van der Waals surface area contributed by atoms with E-state index in [0.29, 0.717) is 22.0 Å². The molecule has 0 saturated carbocycles. The summed E-state index contributed by atoms with van der Waals surface area (Å²) in [5.41, 5.74) is -1.93. The number of ketones is 2. The van der Waals surface area contributed by atoms with E-state index in [1.165, 1.54) is 38.2 Å². The van der Waals surface area contributed by atoms with Crippen LogP contribution in [-0.4, -0.2) is 125 Å². The number of aliphatic hydroxyl groups is 1. The first-order chi connectivity index (χ1) is 27.8. The number of alkyl carbamates (subject to hydrolysis) is 1. The van der Waals surface area contributed by atoms with Gasteiger partial charge in [-0.2, -0.15) is 0 Å². The average molecular weight is 847 g/mol. The number of halogens is 1. The molecule has 13 atom stereocenters. The van der Waals surface area contributed by atoms with E-state index in [1.807, 2.05) is 4.90 Å². The molecule has 59 heavy (non-hydrogen) atoms. The highest BCUT2D eigenvalue weighted by Crippen LogP contribution is 2.39. The van der Waals surface area contributed by atoms with Gasteiger partial charge in [0, 0.05) is 41.1 Å². The molecule has 2 N–H and O–H groups in total. The van der Waals surface area contributed by atoms with Crippen LogP contribution in [0.15, 0.2) is 36.4 Å². The molecule has 3 saturated heterocycles. The summed E-state index contributed by atoms with van der Waals surface area (Å²) in [6.45, 7) is 10.2. The maximum atomic E-state index is 15.3. The number of nitrogens with one attached hydrogen (secondary N) is 1. The fourth-order valence-corrected chi connectivity index (χ4v) is 9.03. The van der Waals surface area contributed by atoms with Crippen LogP contribution in [0.4, 0.5) is 14.0 Å². The number of ether oxygens (including phenoxy) is 6. The quantitative estimate of drug-likeness (QED) is 0.191. The molecule has 3 aliphatic heterocycles. The van der Waals surface area contributed by atoms with Gasteiger partial charge in [0.15, 0.2) is 24.0 Å². The Kier molecular flexibility index (Phi) is 15.0. The fraction of sp³-hybridized carbons (Fsp3) is 0.634. The summed E-state index contributed by atoms with van der Waals surface area (Å²) in [4.78, 5) is 79.8. The van der Waals surface area contributed by atoms with Crippen molar-refractivity contribution in [3.05, 3.63) is 41.3 Å². The molecule has 5 heterocycles. The highest BCUT2D eigenvalue weighted by molar-refractivity contribution is 7.16. The first-order valence-electron chi connectivity index (χ1n) is 19.8. The molecular formula is C41H55FN4O12S. The van der Waals surface area contributed by atoms with Crippen molar-refractivity contribution in [3.63, 3.8) is 0 Å². The van der Waals surface area contributed by atoms with Gasteiger partial charge in [-0.15, -0.1) is 11.3 Å². The monoisotopic (exact) mass is 846 g/mol. The number of nitrogens with zero attached hydrogens (tertiary/aromatic N) is 3. The molecule has 5 rings (SSSR count). The molecule has 18 heteroatoms. The van der Waals surface area contributed by atoms with Gasteiger partial charge in [0.2, 0.25) is 0 Å². The number of carbonyl (C=O) groups excluding carboxylic acids is 5. The van der Waals surface area contributed by atoms with E-state index in [2.05, 4.69) is 15.3 Å². The lowest BCUT2D eigenvalue weighted by atomic mass is 9.75. The molecule has 3 fully saturated rings. The summed E-state index contributed by atoms with van der Waals surface area (Å²) in [5.74, 6) is -6.78. The van der Waals surface area contributed by atoms with E-state index in [0.717, 1.165) is 0 Å². The van der Waals surface area contributed by atoms with Crippen LogP contribution in [-0.2, 0) is 42.8 Å². The maximum absolute atomic E-state index is 15.3. The van der Waals surface area contributed by atoms with Crippen LogP contribution in [0.2, 0.25) is 0 Å². The molecule has 2 aromatic heterocycles. The number of fused-ring (bicyclic) bond motifs is 1. The van der Waals surface area contributed by atoms with E-state index in [1.54, 1.807) is 72.4 Å². The number of aromatic nitrogens is 2. The van der Waals surface area contributed by atoms with E-state index < -0.39 is 115 Å². The van der Waals surface area contributed by atoms with Crippen molar-refractivity contribution in [1.82, 2.24) is 20.2 Å². The van der Waals surface area contributed by atoms with Crippen LogP contribution in [0, 0.1) is 23.7 Å². The van der Waals surface area contributed by atoms with Gasteiger partial charge in [-0.25, -0.2) is 23.9 Å². The Morgan fingerprint density at radius 1 is 1.07 bits per heavy atom. The van der Waals surface area contributed by atoms with Crippen molar-refractivity contribution in [2.45, 2.75) is 122 Å². The first-order valence-corrected chi connectivity index (χ1v) is 20.6. The summed E-state index contributed by atoms with van der Waals surface area (Å²) < 4.78 is 50.5. The zero-order valence-corrected chi connectivity index (χ0v) is 35.6. The molecule has 324 valence electrons.